The molecule has 1 atom stereocenters. The molecule has 6 heteroatoms. The Morgan fingerprint density at radius 3 is 2.86 bits per heavy atom. The van der Waals surface area contributed by atoms with Gasteiger partial charge in [-0.1, -0.05) is 6.92 Å². The lowest BCUT2D eigenvalue weighted by atomic mass is 10.1. The minimum Gasteiger partial charge on any atom is -0.481 e. The van der Waals surface area contributed by atoms with Gasteiger partial charge < -0.3 is 19.7 Å². The smallest absolute Gasteiger partial charge is 0.318 e. The van der Waals surface area contributed by atoms with Crippen LogP contribution in [0, 0.1) is 5.92 Å². The molecule has 6 nitrogen and oxygen atoms in total. The summed E-state index contributed by atoms with van der Waals surface area (Å²) in [4.78, 5) is 24.6. The van der Waals surface area contributed by atoms with Crippen LogP contribution in [0.5, 0.6) is 0 Å². The molecule has 1 aromatic rings. The molecule has 0 radical (unpaired) electrons. The monoisotopic (exact) mass is 294 g/mol. The molecular formula is C15H22N2O4. The van der Waals surface area contributed by atoms with Gasteiger partial charge >= 0.3 is 12.0 Å². The van der Waals surface area contributed by atoms with Crippen molar-refractivity contribution in [1.82, 2.24) is 10.2 Å². The summed E-state index contributed by atoms with van der Waals surface area (Å²) < 4.78 is 5.30. The standard InChI is InChI=1S/C15H22N2O4/c1-11(4-7-14(18)19)9-16-15(20)17(12-5-6-12)10-13-3-2-8-21-13/h2-3,8,11-12H,4-7,9-10H2,1H3,(H,16,20)(H,18,19). The zero-order valence-corrected chi connectivity index (χ0v) is 12.2. The summed E-state index contributed by atoms with van der Waals surface area (Å²) in [5.41, 5.74) is 0. The molecule has 0 aromatic carbocycles. The molecule has 1 heterocycles. The van der Waals surface area contributed by atoms with E-state index in [1.165, 1.54) is 0 Å². The van der Waals surface area contributed by atoms with Crippen LogP contribution in [-0.2, 0) is 11.3 Å². The van der Waals surface area contributed by atoms with Crippen molar-refractivity contribution >= 4 is 12.0 Å². The second-order valence-corrected chi connectivity index (χ2v) is 5.66. The number of furan rings is 1. The van der Waals surface area contributed by atoms with Gasteiger partial charge in [0.25, 0.3) is 0 Å². The number of nitrogens with one attached hydrogen (secondary N) is 1. The maximum Gasteiger partial charge on any atom is 0.318 e. The Morgan fingerprint density at radius 1 is 1.52 bits per heavy atom. The molecule has 0 bridgehead atoms. The van der Waals surface area contributed by atoms with Crippen LogP contribution >= 0.6 is 0 Å². The third kappa shape index (κ3) is 5.13. The second-order valence-electron chi connectivity index (χ2n) is 5.66. The van der Waals surface area contributed by atoms with E-state index in [4.69, 9.17) is 9.52 Å². The van der Waals surface area contributed by atoms with Gasteiger partial charge in [-0.25, -0.2) is 4.79 Å². The first-order chi connectivity index (χ1) is 10.1. The van der Waals surface area contributed by atoms with Crippen LogP contribution in [0.25, 0.3) is 0 Å². The Kier molecular flexibility index (Phi) is 5.25. The highest BCUT2D eigenvalue weighted by atomic mass is 16.4. The number of nitrogens with zero attached hydrogens (tertiary/aromatic N) is 1. The number of carboxylic acid groups (broad SMARTS) is 1. The molecule has 1 aromatic heterocycles. The minimum atomic E-state index is -0.800. The molecule has 116 valence electrons. The highest BCUT2D eigenvalue weighted by molar-refractivity contribution is 5.74. The van der Waals surface area contributed by atoms with Crippen LogP contribution < -0.4 is 5.32 Å². The number of hydrogen-bond donors (Lipinski definition) is 2. The number of carboxylic acids is 1. The molecule has 2 N–H and O–H groups in total. The van der Waals surface area contributed by atoms with Crippen LogP contribution in [0.3, 0.4) is 0 Å². The summed E-state index contributed by atoms with van der Waals surface area (Å²) in [6.45, 7) is 2.91. The predicted molar refractivity (Wildman–Crippen MR) is 76.7 cm³/mol. The van der Waals surface area contributed by atoms with Crippen molar-refractivity contribution in [2.24, 2.45) is 5.92 Å². The van der Waals surface area contributed by atoms with Crippen molar-refractivity contribution in [1.29, 1.82) is 0 Å². The third-order valence-corrected chi connectivity index (χ3v) is 3.61. The summed E-state index contributed by atoms with van der Waals surface area (Å²) in [7, 11) is 0. The van der Waals surface area contributed by atoms with Crippen molar-refractivity contribution < 1.29 is 19.1 Å². The van der Waals surface area contributed by atoms with Crippen molar-refractivity contribution in [3.63, 3.8) is 0 Å². The average molecular weight is 294 g/mol. The largest absolute Gasteiger partial charge is 0.481 e. The number of hydrogen-bond acceptors (Lipinski definition) is 3. The summed E-state index contributed by atoms with van der Waals surface area (Å²) in [6.07, 6.45) is 4.37. The summed E-state index contributed by atoms with van der Waals surface area (Å²) in [5, 5.41) is 11.5. The van der Waals surface area contributed by atoms with Gasteiger partial charge in [0.1, 0.15) is 5.76 Å². The Labute approximate surface area is 124 Å². The van der Waals surface area contributed by atoms with Crippen molar-refractivity contribution in [2.45, 2.75) is 45.2 Å². The molecule has 21 heavy (non-hydrogen) atoms. The number of urea groups is 1. The normalized spacial score (nSPS) is 15.5. The van der Waals surface area contributed by atoms with Gasteiger partial charge in [0.15, 0.2) is 0 Å². The zero-order chi connectivity index (χ0) is 15.2. The molecule has 0 aliphatic heterocycles. The van der Waals surface area contributed by atoms with E-state index in [9.17, 15) is 9.59 Å². The van der Waals surface area contributed by atoms with Gasteiger partial charge in [-0.15, -0.1) is 0 Å². The van der Waals surface area contributed by atoms with Gasteiger partial charge in [0.05, 0.1) is 12.8 Å². The average Bonchev–Trinajstić information content (AvgIpc) is 3.16. The van der Waals surface area contributed by atoms with Crippen LogP contribution in [0.4, 0.5) is 4.79 Å². The van der Waals surface area contributed by atoms with Crippen molar-refractivity contribution in [2.75, 3.05) is 6.54 Å². The number of amides is 2. The molecule has 1 aliphatic rings. The Hall–Kier alpha value is -1.98. The summed E-state index contributed by atoms with van der Waals surface area (Å²) in [6, 6.07) is 3.87. The van der Waals surface area contributed by atoms with Crippen LogP contribution in [-0.4, -0.2) is 34.6 Å². The predicted octanol–water partition coefficient (Wildman–Crippen LogP) is 2.45. The van der Waals surface area contributed by atoms with Gasteiger partial charge in [0, 0.05) is 19.0 Å². The van der Waals surface area contributed by atoms with E-state index in [2.05, 4.69) is 5.32 Å². The summed E-state index contributed by atoms with van der Waals surface area (Å²) in [5.74, 6) is 0.122. The van der Waals surface area contributed by atoms with E-state index in [-0.39, 0.29) is 18.4 Å². The molecule has 1 saturated carbocycles. The van der Waals surface area contributed by atoms with Gasteiger partial charge in [-0.3, -0.25) is 4.79 Å². The van der Waals surface area contributed by atoms with Crippen LogP contribution in [0.2, 0.25) is 0 Å². The highest BCUT2D eigenvalue weighted by Crippen LogP contribution is 2.28. The van der Waals surface area contributed by atoms with Gasteiger partial charge in [0.2, 0.25) is 0 Å². The SMILES string of the molecule is CC(CCC(=O)O)CNC(=O)N(Cc1ccco1)C1CC1. The maximum absolute atomic E-state index is 12.3. The first kappa shape index (κ1) is 15.4. The molecule has 0 saturated heterocycles. The molecule has 2 amide bonds. The van der Waals surface area contributed by atoms with E-state index >= 15 is 0 Å². The van der Waals surface area contributed by atoms with Crippen LogP contribution in [0.1, 0.15) is 38.4 Å². The zero-order valence-electron chi connectivity index (χ0n) is 12.2. The molecule has 1 aliphatic carbocycles. The van der Waals surface area contributed by atoms with Gasteiger partial charge in [-0.2, -0.15) is 0 Å². The lowest BCUT2D eigenvalue weighted by molar-refractivity contribution is -0.137. The fraction of sp³-hybridized carbons (Fsp3) is 0.600. The van der Waals surface area contributed by atoms with Gasteiger partial charge in [-0.05, 0) is 37.3 Å². The molecule has 0 spiro atoms. The van der Waals surface area contributed by atoms with E-state index in [1.807, 2.05) is 19.1 Å². The summed E-state index contributed by atoms with van der Waals surface area (Å²) >= 11 is 0. The van der Waals surface area contributed by atoms with Crippen molar-refractivity contribution in [3.05, 3.63) is 24.2 Å². The quantitative estimate of drug-likeness (QED) is 0.771. The van der Waals surface area contributed by atoms with Crippen LogP contribution in [0.15, 0.2) is 22.8 Å². The van der Waals surface area contributed by atoms with E-state index in [1.54, 1.807) is 11.2 Å². The highest BCUT2D eigenvalue weighted by Gasteiger charge is 2.33. The maximum atomic E-state index is 12.3. The Morgan fingerprint density at radius 2 is 2.29 bits per heavy atom. The molecule has 2 rings (SSSR count). The van der Waals surface area contributed by atoms with E-state index in [0.717, 1.165) is 18.6 Å². The number of carbonyl (C=O) groups is 2. The van der Waals surface area contributed by atoms with E-state index < -0.39 is 5.97 Å². The lowest BCUT2D eigenvalue weighted by Gasteiger charge is -2.23. The third-order valence-electron chi connectivity index (χ3n) is 3.61. The first-order valence-electron chi connectivity index (χ1n) is 7.35. The first-order valence-corrected chi connectivity index (χ1v) is 7.35. The van der Waals surface area contributed by atoms with E-state index in [0.29, 0.717) is 25.6 Å². The topological polar surface area (TPSA) is 82.8 Å². The fourth-order valence-electron chi connectivity index (χ4n) is 2.16. The second kappa shape index (κ2) is 7.15. The molecule has 1 unspecified atom stereocenters. The Bertz CT molecular complexity index is 468. The lowest BCUT2D eigenvalue weighted by Crippen LogP contribution is -2.42. The fourth-order valence-corrected chi connectivity index (χ4v) is 2.16. The minimum absolute atomic E-state index is 0.101. The number of rotatable bonds is 8. The number of carbonyl (C=O) groups excluding carboxylic acids is 1. The number of aliphatic carboxylic acids is 1. The van der Waals surface area contributed by atoms with Crippen molar-refractivity contribution in [3.8, 4) is 0 Å². The molecular weight excluding hydrogens is 272 g/mol. The molecule has 1 fully saturated rings. The Balaban J connectivity index is 1.78.